The first kappa shape index (κ1) is 16.0. The van der Waals surface area contributed by atoms with Crippen LogP contribution >= 0.6 is 0 Å². The molecule has 0 amide bonds. The van der Waals surface area contributed by atoms with Gasteiger partial charge in [-0.15, -0.1) is 0 Å². The van der Waals surface area contributed by atoms with Gasteiger partial charge in [0.05, 0.1) is 0 Å². The van der Waals surface area contributed by atoms with Crippen LogP contribution in [-0.2, 0) is 6.54 Å². The lowest BCUT2D eigenvalue weighted by Gasteiger charge is -2.35. The molecule has 1 saturated carbocycles. The summed E-state index contributed by atoms with van der Waals surface area (Å²) in [7, 11) is 0. The number of benzene rings is 2. The maximum Gasteiger partial charge on any atom is 0.126 e. The van der Waals surface area contributed by atoms with Crippen molar-refractivity contribution in [1.29, 1.82) is 0 Å². The van der Waals surface area contributed by atoms with E-state index in [1.165, 1.54) is 11.1 Å². The van der Waals surface area contributed by atoms with Crippen molar-refractivity contribution in [2.24, 2.45) is 0 Å². The zero-order valence-electron chi connectivity index (χ0n) is 13.6. The molecule has 0 radical (unpaired) electrons. The summed E-state index contributed by atoms with van der Waals surface area (Å²) in [6.07, 6.45) is 2.34. The van der Waals surface area contributed by atoms with Gasteiger partial charge in [0, 0.05) is 12.6 Å². The smallest absolute Gasteiger partial charge is 0.126 e. The summed E-state index contributed by atoms with van der Waals surface area (Å²) < 4.78 is 5.98. The van der Waals surface area contributed by atoms with Gasteiger partial charge in [-0.05, 0) is 43.9 Å². The first-order valence-corrected chi connectivity index (χ1v) is 8.41. The number of aliphatic hydroxyl groups is 1. The van der Waals surface area contributed by atoms with Gasteiger partial charge in [0.2, 0.25) is 0 Å². The van der Waals surface area contributed by atoms with E-state index in [0.29, 0.717) is 0 Å². The molecule has 0 bridgehead atoms. The molecular weight excluding hydrogens is 286 g/mol. The lowest BCUT2D eigenvalue weighted by Crippen LogP contribution is -2.50. The summed E-state index contributed by atoms with van der Waals surface area (Å²) in [4.78, 5) is 0. The minimum atomic E-state index is -0.477. The molecule has 0 aliphatic heterocycles. The monoisotopic (exact) mass is 311 g/mol. The number of nitrogens with one attached hydrogen (secondary N) is 1. The summed E-state index contributed by atoms with van der Waals surface area (Å²) in [6, 6.07) is 18.4. The Bertz CT molecular complexity index is 597. The van der Waals surface area contributed by atoms with E-state index in [1.54, 1.807) is 0 Å². The van der Waals surface area contributed by atoms with Crippen LogP contribution in [0.1, 0.15) is 30.4 Å². The van der Waals surface area contributed by atoms with Crippen molar-refractivity contribution < 1.29 is 9.84 Å². The first-order chi connectivity index (χ1) is 11.2. The Hall–Kier alpha value is -1.84. The van der Waals surface area contributed by atoms with Crippen LogP contribution in [0.15, 0.2) is 54.6 Å². The molecule has 1 fully saturated rings. The van der Waals surface area contributed by atoms with E-state index >= 15 is 0 Å². The van der Waals surface area contributed by atoms with E-state index in [-0.39, 0.29) is 12.1 Å². The number of hydrogen-bond donors (Lipinski definition) is 2. The first-order valence-electron chi connectivity index (χ1n) is 8.41. The molecule has 0 unspecified atom stereocenters. The van der Waals surface area contributed by atoms with E-state index in [2.05, 4.69) is 36.5 Å². The van der Waals surface area contributed by atoms with Crippen molar-refractivity contribution in [3.8, 4) is 5.75 Å². The van der Waals surface area contributed by atoms with E-state index in [4.69, 9.17) is 4.74 Å². The SMILES string of the molecule is Cc1ccc(CN[C@H]2CCC[C@@H](Oc3ccccc3)[C@@H]2O)cc1. The number of hydrogen-bond acceptors (Lipinski definition) is 3. The Morgan fingerprint density at radius 1 is 1.04 bits per heavy atom. The average molecular weight is 311 g/mol. The molecule has 3 atom stereocenters. The molecule has 2 aromatic carbocycles. The van der Waals surface area contributed by atoms with Gasteiger partial charge in [-0.1, -0.05) is 48.0 Å². The van der Waals surface area contributed by atoms with E-state index < -0.39 is 6.10 Å². The van der Waals surface area contributed by atoms with Gasteiger partial charge in [0.1, 0.15) is 18.0 Å². The fourth-order valence-electron chi connectivity index (χ4n) is 3.12. The second-order valence-corrected chi connectivity index (χ2v) is 6.36. The molecular formula is C20H25NO2. The maximum atomic E-state index is 10.6. The number of aryl methyl sites for hydroxylation is 1. The van der Waals surface area contributed by atoms with Gasteiger partial charge < -0.3 is 15.2 Å². The number of ether oxygens (including phenoxy) is 1. The zero-order valence-corrected chi connectivity index (χ0v) is 13.6. The predicted octanol–water partition coefficient (Wildman–Crippen LogP) is 3.45. The molecule has 2 aromatic rings. The lowest BCUT2D eigenvalue weighted by molar-refractivity contribution is -0.0157. The summed E-state index contributed by atoms with van der Waals surface area (Å²) >= 11 is 0. The third-order valence-electron chi connectivity index (χ3n) is 4.52. The summed E-state index contributed by atoms with van der Waals surface area (Å²) in [5, 5.41) is 14.1. The molecule has 3 rings (SSSR count). The van der Waals surface area contributed by atoms with Gasteiger partial charge in [-0.3, -0.25) is 0 Å². The molecule has 0 heterocycles. The van der Waals surface area contributed by atoms with Crippen LogP contribution in [0.3, 0.4) is 0 Å². The molecule has 3 nitrogen and oxygen atoms in total. The molecule has 1 aliphatic rings. The second-order valence-electron chi connectivity index (χ2n) is 6.36. The van der Waals surface area contributed by atoms with E-state index in [1.807, 2.05) is 30.3 Å². The Labute approximate surface area is 138 Å². The molecule has 3 heteroatoms. The highest BCUT2D eigenvalue weighted by molar-refractivity contribution is 5.22. The van der Waals surface area contributed by atoms with Crippen molar-refractivity contribution >= 4 is 0 Å². The molecule has 122 valence electrons. The highest BCUT2D eigenvalue weighted by Crippen LogP contribution is 2.24. The third-order valence-corrected chi connectivity index (χ3v) is 4.52. The summed E-state index contributed by atoms with van der Waals surface area (Å²) in [5.41, 5.74) is 2.51. The van der Waals surface area contributed by atoms with Crippen molar-refractivity contribution in [2.45, 2.75) is 51.0 Å². The minimum absolute atomic E-state index is 0.0822. The second kappa shape index (κ2) is 7.62. The Kier molecular flexibility index (Phi) is 5.31. The molecule has 0 saturated heterocycles. The van der Waals surface area contributed by atoms with E-state index in [9.17, 15) is 5.11 Å². The number of rotatable bonds is 5. The van der Waals surface area contributed by atoms with Crippen molar-refractivity contribution in [3.05, 3.63) is 65.7 Å². The van der Waals surface area contributed by atoms with Gasteiger partial charge in [0.15, 0.2) is 0 Å². The van der Waals surface area contributed by atoms with Crippen LogP contribution in [0, 0.1) is 6.92 Å². The number of aliphatic hydroxyl groups excluding tert-OH is 1. The van der Waals surface area contributed by atoms with Gasteiger partial charge in [-0.25, -0.2) is 0 Å². The molecule has 0 aromatic heterocycles. The van der Waals surface area contributed by atoms with Crippen LogP contribution < -0.4 is 10.1 Å². The zero-order chi connectivity index (χ0) is 16.1. The van der Waals surface area contributed by atoms with Crippen LogP contribution in [-0.4, -0.2) is 23.4 Å². The van der Waals surface area contributed by atoms with Crippen LogP contribution in [0.5, 0.6) is 5.75 Å². The molecule has 2 N–H and O–H groups in total. The largest absolute Gasteiger partial charge is 0.488 e. The van der Waals surface area contributed by atoms with Crippen LogP contribution in [0.2, 0.25) is 0 Å². The topological polar surface area (TPSA) is 41.5 Å². The lowest BCUT2D eigenvalue weighted by atomic mass is 9.89. The Balaban J connectivity index is 1.56. The highest BCUT2D eigenvalue weighted by Gasteiger charge is 2.32. The Morgan fingerprint density at radius 2 is 1.78 bits per heavy atom. The molecule has 0 spiro atoms. The average Bonchev–Trinajstić information content (AvgIpc) is 2.58. The summed E-state index contributed by atoms with van der Waals surface area (Å²) in [6.45, 7) is 2.87. The highest BCUT2D eigenvalue weighted by atomic mass is 16.5. The fraction of sp³-hybridized carbons (Fsp3) is 0.400. The van der Waals surface area contributed by atoms with Crippen molar-refractivity contribution in [3.63, 3.8) is 0 Å². The van der Waals surface area contributed by atoms with E-state index in [0.717, 1.165) is 31.6 Å². The van der Waals surface area contributed by atoms with Gasteiger partial charge >= 0.3 is 0 Å². The standard InChI is InChI=1S/C20H25NO2/c1-15-10-12-16(13-11-15)14-21-18-8-5-9-19(20(18)22)23-17-6-3-2-4-7-17/h2-4,6-7,10-13,18-22H,5,8-9,14H2,1H3/t18-,19+,20+/m0/s1. The minimum Gasteiger partial charge on any atom is -0.488 e. The van der Waals surface area contributed by atoms with Crippen LogP contribution in [0.25, 0.3) is 0 Å². The number of para-hydroxylation sites is 1. The quantitative estimate of drug-likeness (QED) is 0.889. The normalized spacial score (nSPS) is 24.3. The third kappa shape index (κ3) is 4.34. The molecule has 23 heavy (non-hydrogen) atoms. The summed E-state index contributed by atoms with van der Waals surface area (Å²) in [5.74, 6) is 0.829. The maximum absolute atomic E-state index is 10.6. The molecule has 1 aliphatic carbocycles. The van der Waals surface area contributed by atoms with Crippen LogP contribution in [0.4, 0.5) is 0 Å². The fourth-order valence-corrected chi connectivity index (χ4v) is 3.12. The predicted molar refractivity (Wildman–Crippen MR) is 92.5 cm³/mol. The van der Waals surface area contributed by atoms with Crippen molar-refractivity contribution in [1.82, 2.24) is 5.32 Å². The van der Waals surface area contributed by atoms with Crippen molar-refractivity contribution in [2.75, 3.05) is 0 Å². The Morgan fingerprint density at radius 3 is 2.52 bits per heavy atom. The van der Waals surface area contributed by atoms with Gasteiger partial charge in [0.25, 0.3) is 0 Å². The van der Waals surface area contributed by atoms with Gasteiger partial charge in [-0.2, -0.15) is 0 Å².